The van der Waals surface area contributed by atoms with Gasteiger partial charge in [-0.15, -0.1) is 11.8 Å². The van der Waals surface area contributed by atoms with Gasteiger partial charge in [-0.05, 0) is 44.5 Å². The lowest BCUT2D eigenvalue weighted by Crippen LogP contribution is -2.44. The third kappa shape index (κ3) is 5.07. The van der Waals surface area contributed by atoms with Gasteiger partial charge in [0.15, 0.2) is 0 Å². The predicted octanol–water partition coefficient (Wildman–Crippen LogP) is 4.51. The fourth-order valence-corrected chi connectivity index (χ4v) is 5.17. The number of carbonyl (C=O) groups excluding carboxylic acids is 1. The smallest absolute Gasteiger partial charge is 0.417 e. The van der Waals surface area contributed by atoms with Crippen molar-refractivity contribution in [1.29, 1.82) is 0 Å². The van der Waals surface area contributed by atoms with Crippen LogP contribution in [0.15, 0.2) is 44.8 Å². The number of alkyl carbamates (subject to hydrolysis) is 1. The van der Waals surface area contributed by atoms with E-state index < -0.39 is 46.5 Å². The number of aromatic amines is 1. The molecule has 4 rings (SSSR count). The van der Waals surface area contributed by atoms with Crippen molar-refractivity contribution in [2.45, 2.75) is 50.0 Å². The number of alkyl halides is 3. The van der Waals surface area contributed by atoms with Crippen molar-refractivity contribution in [1.82, 2.24) is 14.9 Å². The number of nitrogens with one attached hydrogen (secondary N) is 2. The number of aromatic nitrogens is 2. The van der Waals surface area contributed by atoms with Gasteiger partial charge in [0.25, 0.3) is 5.56 Å². The van der Waals surface area contributed by atoms with Crippen molar-refractivity contribution in [2.75, 3.05) is 5.75 Å². The van der Waals surface area contributed by atoms with E-state index >= 15 is 0 Å². The first-order valence-electron chi connectivity index (χ1n) is 10.5. The van der Waals surface area contributed by atoms with E-state index in [1.165, 1.54) is 12.1 Å². The molecule has 1 aliphatic rings. The summed E-state index contributed by atoms with van der Waals surface area (Å²) in [5.41, 5.74) is -3.85. The average molecular weight is 511 g/mol. The molecule has 1 aliphatic heterocycles. The van der Waals surface area contributed by atoms with Gasteiger partial charge in [0.05, 0.1) is 22.5 Å². The molecule has 1 amide bonds. The number of H-pyrrole nitrogens is 1. The molecule has 2 N–H and O–H groups in total. The first-order chi connectivity index (χ1) is 16.2. The zero-order valence-corrected chi connectivity index (χ0v) is 19.7. The number of hydrogen-bond acceptors (Lipinski definition) is 5. The highest BCUT2D eigenvalue weighted by Gasteiger charge is 2.38. The molecule has 3 aromatic rings. The molecular weight excluding hydrogens is 490 g/mol. The first-order valence-corrected chi connectivity index (χ1v) is 11.5. The second-order valence-electron chi connectivity index (χ2n) is 9.05. The van der Waals surface area contributed by atoms with Crippen LogP contribution >= 0.6 is 11.8 Å². The summed E-state index contributed by atoms with van der Waals surface area (Å²) < 4.78 is 62.4. The normalized spacial score (nSPS) is 16.1. The highest BCUT2D eigenvalue weighted by molar-refractivity contribution is 7.99. The summed E-state index contributed by atoms with van der Waals surface area (Å²) in [4.78, 5) is 39.7. The van der Waals surface area contributed by atoms with Crippen LogP contribution in [0.2, 0.25) is 0 Å². The maximum atomic E-state index is 14.2. The van der Waals surface area contributed by atoms with Crippen molar-refractivity contribution in [3.05, 3.63) is 62.6 Å². The SMILES string of the molecule is CC(C)(C)OC(=O)N[C@@H]1CSc2c(-c3ccc(F)cc3)c(C(F)(F)F)cc3c(=O)[nH]c(=O)n(c23)C1. The van der Waals surface area contributed by atoms with Crippen molar-refractivity contribution in [3.63, 3.8) is 0 Å². The molecule has 0 fully saturated rings. The number of carbonyl (C=O) groups is 1. The van der Waals surface area contributed by atoms with Gasteiger partial charge in [0.1, 0.15) is 11.4 Å². The number of rotatable bonds is 2. The fraction of sp³-hybridized carbons (Fsp3) is 0.348. The van der Waals surface area contributed by atoms with Crippen LogP contribution in [0.1, 0.15) is 26.3 Å². The standard InChI is InChI=1S/C23H21F4N3O4S/c1-22(2,3)34-21(33)28-13-9-30-17-14(19(31)29-20(30)32)8-15(23(25,26)27)16(18(17)35-10-13)11-4-6-12(24)7-5-11/h4-8,13H,9-10H2,1-3H3,(H,28,33)(H,29,31,32)/t13-/m0/s1. The van der Waals surface area contributed by atoms with Crippen LogP contribution in [0.5, 0.6) is 0 Å². The molecule has 186 valence electrons. The molecule has 0 unspecified atom stereocenters. The van der Waals surface area contributed by atoms with Crippen LogP contribution < -0.4 is 16.6 Å². The van der Waals surface area contributed by atoms with Crippen molar-refractivity contribution in [3.8, 4) is 11.1 Å². The van der Waals surface area contributed by atoms with Gasteiger partial charge in [-0.2, -0.15) is 13.2 Å². The predicted molar refractivity (Wildman–Crippen MR) is 123 cm³/mol. The van der Waals surface area contributed by atoms with Crippen molar-refractivity contribution < 1.29 is 27.1 Å². The minimum absolute atomic E-state index is 0.0181. The van der Waals surface area contributed by atoms with Gasteiger partial charge >= 0.3 is 18.0 Å². The van der Waals surface area contributed by atoms with Crippen molar-refractivity contribution in [2.24, 2.45) is 0 Å². The van der Waals surface area contributed by atoms with Gasteiger partial charge in [-0.25, -0.2) is 14.0 Å². The van der Waals surface area contributed by atoms with Gasteiger partial charge in [-0.3, -0.25) is 14.3 Å². The highest BCUT2D eigenvalue weighted by atomic mass is 32.2. The molecule has 0 radical (unpaired) electrons. The van der Waals surface area contributed by atoms with Crippen LogP contribution in [0.25, 0.3) is 22.0 Å². The minimum atomic E-state index is -4.84. The Morgan fingerprint density at radius 2 is 1.83 bits per heavy atom. The fourth-order valence-electron chi connectivity index (χ4n) is 3.88. The topological polar surface area (TPSA) is 93.2 Å². The Morgan fingerprint density at radius 3 is 2.43 bits per heavy atom. The lowest BCUT2D eigenvalue weighted by atomic mass is 9.96. The Balaban J connectivity index is 1.95. The van der Waals surface area contributed by atoms with Crippen LogP contribution in [0.3, 0.4) is 0 Å². The number of ether oxygens (including phenoxy) is 1. The zero-order valence-electron chi connectivity index (χ0n) is 18.9. The van der Waals surface area contributed by atoms with Crippen LogP contribution in [-0.4, -0.2) is 33.0 Å². The maximum absolute atomic E-state index is 14.2. The van der Waals surface area contributed by atoms with Crippen LogP contribution in [0, 0.1) is 5.82 Å². The van der Waals surface area contributed by atoms with E-state index in [0.29, 0.717) is 6.07 Å². The molecule has 2 aromatic carbocycles. The molecule has 0 saturated heterocycles. The second-order valence-corrected chi connectivity index (χ2v) is 10.1. The van der Waals surface area contributed by atoms with Crippen LogP contribution in [-0.2, 0) is 17.5 Å². The Bertz CT molecular complexity index is 1420. The summed E-state index contributed by atoms with van der Waals surface area (Å²) in [5.74, 6) is -0.546. The Labute approximate surface area is 200 Å². The largest absolute Gasteiger partial charge is 0.444 e. The average Bonchev–Trinajstić information content (AvgIpc) is 2.91. The summed E-state index contributed by atoms with van der Waals surface area (Å²) in [6, 6.07) is 4.48. The van der Waals surface area contributed by atoms with E-state index in [-0.39, 0.29) is 39.2 Å². The molecule has 0 aliphatic carbocycles. The lowest BCUT2D eigenvalue weighted by molar-refractivity contribution is -0.137. The second kappa shape index (κ2) is 8.74. The van der Waals surface area contributed by atoms with E-state index in [4.69, 9.17) is 4.74 Å². The number of halogens is 4. The van der Waals surface area contributed by atoms with E-state index in [9.17, 15) is 31.9 Å². The summed E-state index contributed by atoms with van der Waals surface area (Å²) in [6.07, 6.45) is -5.60. The third-order valence-corrected chi connectivity index (χ3v) is 6.48. The number of amides is 1. The molecule has 2 heterocycles. The minimum Gasteiger partial charge on any atom is -0.444 e. The van der Waals surface area contributed by atoms with Crippen molar-refractivity contribution >= 4 is 28.8 Å². The summed E-state index contributed by atoms with van der Waals surface area (Å²) in [6.45, 7) is 4.91. The molecule has 1 aromatic heterocycles. The molecule has 7 nitrogen and oxygen atoms in total. The van der Waals surface area contributed by atoms with Gasteiger partial charge in [0, 0.05) is 22.8 Å². The number of nitrogens with zero attached hydrogens (tertiary/aromatic N) is 1. The van der Waals surface area contributed by atoms with Gasteiger partial charge < -0.3 is 10.1 Å². The first kappa shape index (κ1) is 24.8. The number of benzene rings is 2. The molecule has 0 spiro atoms. The molecule has 35 heavy (non-hydrogen) atoms. The molecule has 12 heteroatoms. The molecular formula is C23H21F4N3O4S. The van der Waals surface area contributed by atoms with Gasteiger partial charge in [-0.1, -0.05) is 12.1 Å². The highest BCUT2D eigenvalue weighted by Crippen LogP contribution is 2.46. The monoisotopic (exact) mass is 511 g/mol. The van der Waals surface area contributed by atoms with E-state index in [0.717, 1.165) is 28.5 Å². The quantitative estimate of drug-likeness (QED) is 0.494. The summed E-state index contributed by atoms with van der Waals surface area (Å²) in [5, 5.41) is 2.32. The summed E-state index contributed by atoms with van der Waals surface area (Å²) in [7, 11) is 0. The molecule has 0 saturated carbocycles. The summed E-state index contributed by atoms with van der Waals surface area (Å²) >= 11 is 0.967. The Morgan fingerprint density at radius 1 is 1.17 bits per heavy atom. The molecule has 0 bridgehead atoms. The van der Waals surface area contributed by atoms with E-state index in [2.05, 4.69) is 10.3 Å². The van der Waals surface area contributed by atoms with Gasteiger partial charge in [0.2, 0.25) is 0 Å². The van der Waals surface area contributed by atoms with Crippen LogP contribution in [0.4, 0.5) is 22.4 Å². The number of hydrogen-bond donors (Lipinski definition) is 2. The zero-order chi connectivity index (χ0) is 25.7. The van der Waals surface area contributed by atoms with E-state index in [1.54, 1.807) is 20.8 Å². The Kier molecular flexibility index (Phi) is 6.20. The third-order valence-electron chi connectivity index (χ3n) is 5.23. The lowest BCUT2D eigenvalue weighted by Gasteiger charge is -2.23. The number of thioether (sulfide) groups is 1. The van der Waals surface area contributed by atoms with E-state index in [1.807, 2.05) is 0 Å². The maximum Gasteiger partial charge on any atom is 0.417 e. The molecule has 1 atom stereocenters. The Hall–Kier alpha value is -3.28.